The van der Waals surface area contributed by atoms with Crippen LogP contribution in [0.5, 0.6) is 0 Å². The van der Waals surface area contributed by atoms with Crippen molar-refractivity contribution in [1.29, 1.82) is 0 Å². The summed E-state index contributed by atoms with van der Waals surface area (Å²) in [5.41, 5.74) is 1.94. The minimum absolute atomic E-state index is 0.0733. The number of rotatable bonds is 3. The number of hydrogen-bond donors (Lipinski definition) is 1. The molecule has 1 aromatic rings. The van der Waals surface area contributed by atoms with E-state index >= 15 is 0 Å². The molecule has 0 spiro atoms. The Balaban J connectivity index is 2.84. The van der Waals surface area contributed by atoms with Crippen molar-refractivity contribution in [3.8, 4) is 0 Å². The Kier molecular flexibility index (Phi) is 4.42. The molecule has 2 nitrogen and oxygen atoms in total. The molecule has 0 radical (unpaired) electrons. The highest BCUT2D eigenvalue weighted by Gasteiger charge is 2.02. The van der Waals surface area contributed by atoms with E-state index < -0.39 is 0 Å². The van der Waals surface area contributed by atoms with Crippen molar-refractivity contribution in [2.24, 2.45) is 0 Å². The summed E-state index contributed by atoms with van der Waals surface area (Å²) in [5, 5.41) is 2.72. The normalized spacial score (nSPS) is 9.93. The summed E-state index contributed by atoms with van der Waals surface area (Å²) >= 11 is 9.02. The molecule has 0 atom stereocenters. The molecule has 1 rings (SSSR count). The fourth-order valence-electron chi connectivity index (χ4n) is 1.11. The Labute approximate surface area is 96.8 Å². The number of carbonyl (C=O) groups excluding carboxylic acids is 1. The first-order valence-electron chi connectivity index (χ1n) is 4.25. The molecule has 0 saturated heterocycles. The van der Waals surface area contributed by atoms with Gasteiger partial charge in [-0.15, -0.1) is 11.6 Å². The Morgan fingerprint density at radius 1 is 1.57 bits per heavy atom. The van der Waals surface area contributed by atoms with Gasteiger partial charge in [0.05, 0.1) is 5.69 Å². The molecule has 1 N–H and O–H groups in total. The molecule has 4 heteroatoms. The number of anilines is 1. The molecule has 76 valence electrons. The first-order chi connectivity index (χ1) is 6.63. The number of halogens is 2. The molecule has 0 aromatic heterocycles. The fraction of sp³-hybridized carbons (Fsp3) is 0.300. The van der Waals surface area contributed by atoms with Crippen molar-refractivity contribution in [1.82, 2.24) is 0 Å². The quantitative estimate of drug-likeness (QED) is 0.844. The summed E-state index contributed by atoms with van der Waals surface area (Å²) in [6.07, 6.45) is 0.834. The van der Waals surface area contributed by atoms with Crippen LogP contribution in [-0.4, -0.2) is 11.8 Å². The monoisotopic (exact) mass is 275 g/mol. The topological polar surface area (TPSA) is 29.1 Å². The number of nitrogens with one attached hydrogen (secondary N) is 1. The van der Waals surface area contributed by atoms with E-state index in [0.29, 0.717) is 5.88 Å². The van der Waals surface area contributed by atoms with Gasteiger partial charge in [-0.05, 0) is 40.0 Å². The molecule has 1 amide bonds. The van der Waals surface area contributed by atoms with E-state index in [1.54, 1.807) is 0 Å². The van der Waals surface area contributed by atoms with Crippen LogP contribution in [0.1, 0.15) is 12.5 Å². The molecule has 14 heavy (non-hydrogen) atoms. The highest BCUT2D eigenvalue weighted by Crippen LogP contribution is 2.23. The lowest BCUT2D eigenvalue weighted by atomic mass is 10.1. The maximum absolute atomic E-state index is 10.8. The molecule has 0 bridgehead atoms. The van der Waals surface area contributed by atoms with Gasteiger partial charge in [0.2, 0.25) is 5.91 Å². The van der Waals surface area contributed by atoms with E-state index in [9.17, 15) is 4.79 Å². The van der Waals surface area contributed by atoms with Crippen molar-refractivity contribution in [2.45, 2.75) is 13.3 Å². The lowest BCUT2D eigenvalue weighted by Crippen LogP contribution is -2.06. The van der Waals surface area contributed by atoms with Crippen LogP contribution < -0.4 is 5.32 Å². The number of amides is 1. The van der Waals surface area contributed by atoms with Crippen LogP contribution >= 0.6 is 27.5 Å². The second kappa shape index (κ2) is 5.37. The third-order valence-corrected chi connectivity index (χ3v) is 2.57. The first-order valence-corrected chi connectivity index (χ1v) is 5.58. The third kappa shape index (κ3) is 3.31. The maximum Gasteiger partial charge on any atom is 0.221 e. The van der Waals surface area contributed by atoms with Gasteiger partial charge in [-0.3, -0.25) is 4.79 Å². The largest absolute Gasteiger partial charge is 0.325 e. The smallest absolute Gasteiger partial charge is 0.221 e. The van der Waals surface area contributed by atoms with Gasteiger partial charge in [-0.25, -0.2) is 0 Å². The average molecular weight is 277 g/mol. The summed E-state index contributed by atoms with van der Waals surface area (Å²) in [4.78, 5) is 10.8. The Bertz CT molecular complexity index is 341. The van der Waals surface area contributed by atoms with Gasteiger partial charge in [-0.2, -0.15) is 0 Å². The minimum atomic E-state index is -0.0733. The van der Waals surface area contributed by atoms with Gasteiger partial charge in [0.25, 0.3) is 0 Å². The molecule has 0 aliphatic heterocycles. The van der Waals surface area contributed by atoms with E-state index in [2.05, 4.69) is 21.2 Å². The number of aryl methyl sites for hydroxylation is 1. The molecule has 0 unspecified atom stereocenters. The number of hydrogen-bond acceptors (Lipinski definition) is 1. The molecular weight excluding hydrogens is 265 g/mol. The lowest BCUT2D eigenvalue weighted by molar-refractivity contribution is -0.114. The van der Waals surface area contributed by atoms with Crippen LogP contribution in [0.4, 0.5) is 5.69 Å². The molecule has 0 fully saturated rings. The van der Waals surface area contributed by atoms with E-state index in [4.69, 9.17) is 11.6 Å². The predicted octanol–water partition coefficient (Wildman–Crippen LogP) is 3.19. The molecule has 0 aliphatic rings. The van der Waals surface area contributed by atoms with Crippen LogP contribution in [0.15, 0.2) is 22.7 Å². The van der Waals surface area contributed by atoms with Gasteiger partial charge in [-0.1, -0.05) is 6.07 Å². The van der Waals surface area contributed by atoms with E-state index in [1.165, 1.54) is 6.92 Å². The second-order valence-corrected chi connectivity index (χ2v) is 4.17. The fourth-order valence-corrected chi connectivity index (χ4v) is 1.86. The second-order valence-electron chi connectivity index (χ2n) is 2.93. The van der Waals surface area contributed by atoms with Crippen molar-refractivity contribution in [2.75, 3.05) is 11.2 Å². The molecule has 1 aromatic carbocycles. The summed E-state index contributed by atoms with van der Waals surface area (Å²) in [6.45, 7) is 1.49. The van der Waals surface area contributed by atoms with Crippen LogP contribution in [0.3, 0.4) is 0 Å². The first kappa shape index (κ1) is 11.5. The van der Waals surface area contributed by atoms with E-state index in [0.717, 1.165) is 22.1 Å². The zero-order chi connectivity index (χ0) is 10.6. The molecule has 0 saturated carbocycles. The van der Waals surface area contributed by atoms with Crippen LogP contribution in [-0.2, 0) is 11.2 Å². The molecular formula is C10H11BrClNO. The highest BCUT2D eigenvalue weighted by atomic mass is 79.9. The van der Waals surface area contributed by atoms with Gasteiger partial charge >= 0.3 is 0 Å². The third-order valence-electron chi connectivity index (χ3n) is 1.73. The number of alkyl halides is 1. The molecule has 0 aliphatic carbocycles. The van der Waals surface area contributed by atoms with Crippen molar-refractivity contribution in [3.05, 3.63) is 28.2 Å². The summed E-state index contributed by atoms with van der Waals surface area (Å²) in [6, 6.07) is 5.79. The summed E-state index contributed by atoms with van der Waals surface area (Å²) in [5.74, 6) is 0.530. The minimum Gasteiger partial charge on any atom is -0.325 e. The van der Waals surface area contributed by atoms with Gasteiger partial charge in [0.1, 0.15) is 0 Å². The van der Waals surface area contributed by atoms with Gasteiger partial charge in [0, 0.05) is 17.3 Å². The lowest BCUT2D eigenvalue weighted by Gasteiger charge is -2.06. The van der Waals surface area contributed by atoms with Crippen molar-refractivity contribution in [3.63, 3.8) is 0 Å². The van der Waals surface area contributed by atoms with E-state index in [-0.39, 0.29) is 5.91 Å². The Morgan fingerprint density at radius 3 is 2.79 bits per heavy atom. The standard InChI is InChI=1S/C10H11BrClNO/c1-7(14)13-10-3-2-8(4-5-12)6-9(10)11/h2-3,6H,4-5H2,1H3,(H,13,14). The zero-order valence-corrected chi connectivity index (χ0v) is 10.2. The van der Waals surface area contributed by atoms with E-state index in [1.807, 2.05) is 18.2 Å². The highest BCUT2D eigenvalue weighted by molar-refractivity contribution is 9.10. The average Bonchev–Trinajstić information content (AvgIpc) is 2.10. The summed E-state index contributed by atoms with van der Waals surface area (Å²) in [7, 11) is 0. The number of benzene rings is 1. The number of carbonyl (C=O) groups is 1. The SMILES string of the molecule is CC(=O)Nc1ccc(CCCl)cc1Br. The summed E-state index contributed by atoms with van der Waals surface area (Å²) < 4.78 is 0.885. The van der Waals surface area contributed by atoms with Crippen LogP contribution in [0.25, 0.3) is 0 Å². The predicted molar refractivity (Wildman–Crippen MR) is 62.9 cm³/mol. The van der Waals surface area contributed by atoms with Gasteiger partial charge in [0.15, 0.2) is 0 Å². The van der Waals surface area contributed by atoms with Crippen molar-refractivity contribution < 1.29 is 4.79 Å². The Morgan fingerprint density at radius 2 is 2.29 bits per heavy atom. The van der Waals surface area contributed by atoms with Gasteiger partial charge < -0.3 is 5.32 Å². The van der Waals surface area contributed by atoms with Crippen molar-refractivity contribution >= 4 is 39.1 Å². The zero-order valence-electron chi connectivity index (χ0n) is 7.81. The van der Waals surface area contributed by atoms with Crippen LogP contribution in [0.2, 0.25) is 0 Å². The van der Waals surface area contributed by atoms with Crippen LogP contribution in [0, 0.1) is 0 Å². The maximum atomic E-state index is 10.8. The Hall–Kier alpha value is -0.540. The molecule has 0 heterocycles.